The number of para-hydroxylation sites is 1. The van der Waals surface area contributed by atoms with E-state index in [9.17, 15) is 0 Å². The normalized spacial score (nSPS) is 14.9. The van der Waals surface area contributed by atoms with Crippen LogP contribution in [0.25, 0.3) is 0 Å². The molecule has 0 N–H and O–H groups in total. The molecule has 0 unspecified atom stereocenters. The molecule has 0 amide bonds. The Hall–Kier alpha value is -1.77. The van der Waals surface area contributed by atoms with Gasteiger partial charge in [-0.3, -0.25) is 0 Å². The molecule has 1 heterocycles. The molecule has 3 nitrogen and oxygen atoms in total. The zero-order valence-electron chi connectivity index (χ0n) is 7.99. The third-order valence-electron chi connectivity index (χ3n) is 1.98. The first kappa shape index (κ1) is 8.81. The fourth-order valence-corrected chi connectivity index (χ4v) is 1.32. The molecule has 2 rings (SSSR count). The highest BCUT2D eigenvalue weighted by Gasteiger charge is 2.16. The molecule has 0 radical (unpaired) electrons. The van der Waals surface area contributed by atoms with E-state index in [1.807, 2.05) is 24.3 Å². The van der Waals surface area contributed by atoms with Gasteiger partial charge in [0.2, 0.25) is 5.90 Å². The smallest absolute Gasteiger partial charge is 0.225 e. The highest BCUT2D eigenvalue weighted by atomic mass is 16.5. The van der Waals surface area contributed by atoms with Crippen LogP contribution in [0, 0.1) is 0 Å². The van der Waals surface area contributed by atoms with Crippen molar-refractivity contribution in [2.75, 3.05) is 13.7 Å². The minimum Gasteiger partial charge on any atom is -0.496 e. The summed E-state index contributed by atoms with van der Waals surface area (Å²) in [4.78, 5) is 4.21. The molecule has 0 saturated heterocycles. The van der Waals surface area contributed by atoms with Gasteiger partial charge in [0.25, 0.3) is 0 Å². The molecule has 1 aliphatic rings. The van der Waals surface area contributed by atoms with Gasteiger partial charge in [0.05, 0.1) is 12.7 Å². The molecular weight excluding hydrogens is 178 g/mol. The van der Waals surface area contributed by atoms with Crippen LogP contribution in [-0.2, 0) is 4.74 Å². The molecular formula is C11H11NO2. The van der Waals surface area contributed by atoms with E-state index in [4.69, 9.17) is 9.47 Å². The van der Waals surface area contributed by atoms with Crippen molar-refractivity contribution < 1.29 is 9.47 Å². The molecule has 72 valence electrons. The van der Waals surface area contributed by atoms with Gasteiger partial charge in [0.1, 0.15) is 18.1 Å². The molecule has 0 bridgehead atoms. The number of hydrogen-bond acceptors (Lipinski definition) is 3. The van der Waals surface area contributed by atoms with Gasteiger partial charge in [-0.15, -0.1) is 0 Å². The van der Waals surface area contributed by atoms with Gasteiger partial charge in [0, 0.05) is 0 Å². The standard InChI is InChI=1S/C11H11NO2/c1-8-7-12-11(14-8)9-5-3-4-6-10(9)13-2/h3-6H,1,7H2,2H3. The lowest BCUT2D eigenvalue weighted by Gasteiger charge is -2.07. The Balaban J connectivity index is 2.36. The summed E-state index contributed by atoms with van der Waals surface area (Å²) in [6.07, 6.45) is 0. The molecule has 0 aliphatic carbocycles. The number of aliphatic imine (C=N–C) groups is 1. The Morgan fingerprint density at radius 3 is 2.86 bits per heavy atom. The first-order chi connectivity index (χ1) is 6.81. The van der Waals surface area contributed by atoms with Crippen LogP contribution in [0.3, 0.4) is 0 Å². The van der Waals surface area contributed by atoms with Crippen LogP contribution in [0.5, 0.6) is 5.75 Å². The Morgan fingerprint density at radius 1 is 1.43 bits per heavy atom. The van der Waals surface area contributed by atoms with E-state index in [-0.39, 0.29) is 0 Å². The number of rotatable bonds is 2. The maximum Gasteiger partial charge on any atom is 0.225 e. The monoisotopic (exact) mass is 189 g/mol. The van der Waals surface area contributed by atoms with Crippen LogP contribution in [0.2, 0.25) is 0 Å². The highest BCUT2D eigenvalue weighted by Crippen LogP contribution is 2.22. The van der Waals surface area contributed by atoms with E-state index in [1.54, 1.807) is 7.11 Å². The lowest BCUT2D eigenvalue weighted by molar-refractivity contribution is 0.406. The quantitative estimate of drug-likeness (QED) is 0.712. The molecule has 0 aromatic heterocycles. The number of benzene rings is 1. The summed E-state index contributed by atoms with van der Waals surface area (Å²) < 4.78 is 10.6. The summed E-state index contributed by atoms with van der Waals surface area (Å²) >= 11 is 0. The topological polar surface area (TPSA) is 30.8 Å². The number of hydrogen-bond donors (Lipinski definition) is 0. The summed E-state index contributed by atoms with van der Waals surface area (Å²) in [6.45, 7) is 4.24. The zero-order valence-corrected chi connectivity index (χ0v) is 7.99. The van der Waals surface area contributed by atoms with E-state index in [0.29, 0.717) is 18.2 Å². The van der Waals surface area contributed by atoms with Crippen LogP contribution in [0.4, 0.5) is 0 Å². The molecule has 1 aliphatic heterocycles. The summed E-state index contributed by atoms with van der Waals surface area (Å²) in [7, 11) is 1.63. The van der Waals surface area contributed by atoms with Gasteiger partial charge in [-0.25, -0.2) is 4.99 Å². The summed E-state index contributed by atoms with van der Waals surface area (Å²) in [5.74, 6) is 2.03. The average Bonchev–Trinajstić information content (AvgIpc) is 2.65. The van der Waals surface area contributed by atoms with E-state index >= 15 is 0 Å². The van der Waals surface area contributed by atoms with Crippen molar-refractivity contribution in [1.82, 2.24) is 0 Å². The first-order valence-corrected chi connectivity index (χ1v) is 4.34. The highest BCUT2D eigenvalue weighted by molar-refractivity contribution is 5.98. The largest absolute Gasteiger partial charge is 0.496 e. The van der Waals surface area contributed by atoms with E-state index < -0.39 is 0 Å². The van der Waals surface area contributed by atoms with Gasteiger partial charge in [0.15, 0.2) is 0 Å². The van der Waals surface area contributed by atoms with Crippen LogP contribution < -0.4 is 4.74 Å². The van der Waals surface area contributed by atoms with Crippen LogP contribution in [0.1, 0.15) is 5.56 Å². The second-order valence-corrected chi connectivity index (χ2v) is 2.96. The van der Waals surface area contributed by atoms with Gasteiger partial charge in [-0.2, -0.15) is 0 Å². The van der Waals surface area contributed by atoms with Crippen LogP contribution in [-0.4, -0.2) is 19.6 Å². The van der Waals surface area contributed by atoms with Crippen molar-refractivity contribution in [3.63, 3.8) is 0 Å². The zero-order chi connectivity index (χ0) is 9.97. The van der Waals surface area contributed by atoms with Crippen molar-refractivity contribution in [2.45, 2.75) is 0 Å². The van der Waals surface area contributed by atoms with Gasteiger partial charge >= 0.3 is 0 Å². The molecule has 0 fully saturated rings. The Labute approximate surface area is 82.7 Å². The third kappa shape index (κ3) is 1.48. The third-order valence-corrected chi connectivity index (χ3v) is 1.98. The van der Waals surface area contributed by atoms with Crippen LogP contribution >= 0.6 is 0 Å². The molecule has 14 heavy (non-hydrogen) atoms. The second kappa shape index (κ2) is 3.54. The van der Waals surface area contributed by atoms with Gasteiger partial charge < -0.3 is 9.47 Å². The van der Waals surface area contributed by atoms with Crippen LogP contribution in [0.15, 0.2) is 41.6 Å². The summed E-state index contributed by atoms with van der Waals surface area (Å²) in [6, 6.07) is 7.62. The number of ether oxygens (including phenoxy) is 2. The first-order valence-electron chi connectivity index (χ1n) is 4.34. The number of nitrogens with zero attached hydrogens (tertiary/aromatic N) is 1. The minimum atomic E-state index is 0.535. The fraction of sp³-hybridized carbons (Fsp3) is 0.182. The predicted molar refractivity (Wildman–Crippen MR) is 54.6 cm³/mol. The van der Waals surface area contributed by atoms with Crippen molar-refractivity contribution in [2.24, 2.45) is 4.99 Å². The van der Waals surface area contributed by atoms with Crippen molar-refractivity contribution in [3.8, 4) is 5.75 Å². The molecule has 3 heteroatoms. The van der Waals surface area contributed by atoms with Crippen molar-refractivity contribution in [1.29, 1.82) is 0 Å². The Morgan fingerprint density at radius 2 is 2.21 bits per heavy atom. The molecule has 0 saturated carbocycles. The van der Waals surface area contributed by atoms with Gasteiger partial charge in [-0.05, 0) is 12.1 Å². The molecule has 0 atom stereocenters. The molecule has 1 aromatic carbocycles. The summed E-state index contributed by atoms with van der Waals surface area (Å²) in [5.41, 5.74) is 0.869. The lowest BCUT2D eigenvalue weighted by atomic mass is 10.2. The maximum absolute atomic E-state index is 5.37. The Kier molecular flexibility index (Phi) is 2.23. The fourth-order valence-electron chi connectivity index (χ4n) is 1.32. The van der Waals surface area contributed by atoms with Crippen molar-refractivity contribution >= 4 is 5.90 Å². The van der Waals surface area contributed by atoms with Crippen molar-refractivity contribution in [3.05, 3.63) is 42.2 Å². The molecule has 1 aromatic rings. The average molecular weight is 189 g/mol. The van der Waals surface area contributed by atoms with E-state index in [2.05, 4.69) is 11.6 Å². The SMILES string of the molecule is C=C1CN=C(c2ccccc2OC)O1. The lowest BCUT2D eigenvalue weighted by Crippen LogP contribution is -2.02. The van der Waals surface area contributed by atoms with E-state index in [1.165, 1.54) is 0 Å². The van der Waals surface area contributed by atoms with Gasteiger partial charge in [-0.1, -0.05) is 18.7 Å². The van der Waals surface area contributed by atoms with E-state index in [0.717, 1.165) is 11.3 Å². The molecule has 0 spiro atoms. The summed E-state index contributed by atoms with van der Waals surface area (Å²) in [5, 5.41) is 0. The maximum atomic E-state index is 5.37. The number of methoxy groups -OCH3 is 1. The predicted octanol–water partition coefficient (Wildman–Crippen LogP) is 1.99. The Bertz CT molecular complexity index is 396. The minimum absolute atomic E-state index is 0.535. The second-order valence-electron chi connectivity index (χ2n) is 2.96.